The number of nitrogens with one attached hydrogen (secondary N) is 2. The van der Waals surface area contributed by atoms with Gasteiger partial charge in [0.1, 0.15) is 23.9 Å². The Morgan fingerprint density at radius 2 is 1.79 bits per heavy atom. The summed E-state index contributed by atoms with van der Waals surface area (Å²) < 4.78 is 10.8. The molecule has 1 fully saturated rings. The Hall–Kier alpha value is -4.46. The lowest BCUT2D eigenvalue weighted by Gasteiger charge is -2.18. The molecular weight excluding hydrogens is 637 g/mol. The zero-order valence-corrected chi connectivity index (χ0v) is 28.7. The molecule has 0 aromatic heterocycles. The fourth-order valence-electron chi connectivity index (χ4n) is 4.92. The maximum absolute atomic E-state index is 14.2. The summed E-state index contributed by atoms with van der Waals surface area (Å²) in [5.41, 5.74) is 3.91. The van der Waals surface area contributed by atoms with Crippen molar-refractivity contribution in [3.8, 4) is 5.75 Å². The van der Waals surface area contributed by atoms with E-state index in [1.807, 2.05) is 99.7 Å². The molecule has 13 heteroatoms. The number of hydrogen-bond donors (Lipinski definition) is 2. The fourth-order valence-corrected chi connectivity index (χ4v) is 7.23. The van der Waals surface area contributed by atoms with Crippen LogP contribution in [0.5, 0.6) is 5.75 Å². The van der Waals surface area contributed by atoms with Gasteiger partial charge in [-0.1, -0.05) is 42.1 Å². The van der Waals surface area contributed by atoms with Crippen molar-refractivity contribution in [2.24, 2.45) is 4.99 Å². The molecule has 0 spiro atoms. The van der Waals surface area contributed by atoms with Crippen molar-refractivity contribution >= 4 is 69.2 Å². The summed E-state index contributed by atoms with van der Waals surface area (Å²) in [6.45, 7) is 5.04. The number of nitrogens with zero attached hydrogens (tertiary/aromatic N) is 4. The van der Waals surface area contributed by atoms with E-state index >= 15 is 0 Å². The number of aliphatic imine (C=N–C) groups is 1. The van der Waals surface area contributed by atoms with E-state index < -0.39 is 0 Å². The number of carbonyl (C=O) groups excluding carboxylic acids is 3. The third-order valence-electron chi connectivity index (χ3n) is 7.03. The van der Waals surface area contributed by atoms with Crippen molar-refractivity contribution in [1.82, 2.24) is 9.80 Å². The Balaban J connectivity index is 1.48. The van der Waals surface area contributed by atoms with Gasteiger partial charge in [0.15, 0.2) is 5.17 Å². The molecule has 5 rings (SSSR count). The minimum Gasteiger partial charge on any atom is -0.490 e. The maximum Gasteiger partial charge on any atom is 0.302 e. The Labute approximate surface area is 283 Å². The lowest BCUT2D eigenvalue weighted by molar-refractivity contribution is -0.141. The molecule has 0 radical (unpaired) electrons. The van der Waals surface area contributed by atoms with Gasteiger partial charge in [0.2, 0.25) is 5.91 Å². The number of esters is 1. The van der Waals surface area contributed by atoms with E-state index in [-0.39, 0.29) is 37.5 Å². The monoisotopic (exact) mass is 674 g/mol. The van der Waals surface area contributed by atoms with Gasteiger partial charge < -0.3 is 29.9 Å². The molecule has 0 saturated carbocycles. The summed E-state index contributed by atoms with van der Waals surface area (Å²) in [4.78, 5) is 49.9. The van der Waals surface area contributed by atoms with Crippen molar-refractivity contribution in [3.05, 3.63) is 82.2 Å². The van der Waals surface area contributed by atoms with E-state index in [4.69, 9.17) is 14.5 Å². The van der Waals surface area contributed by atoms with E-state index in [9.17, 15) is 14.4 Å². The predicted molar refractivity (Wildman–Crippen MR) is 189 cm³/mol. The minimum atomic E-state index is -0.352. The van der Waals surface area contributed by atoms with Crippen LogP contribution in [0.15, 0.2) is 86.6 Å². The Kier molecular flexibility index (Phi) is 11.1. The highest BCUT2D eigenvalue weighted by molar-refractivity contribution is 8.19. The van der Waals surface area contributed by atoms with E-state index in [0.717, 1.165) is 26.9 Å². The second-order valence-electron chi connectivity index (χ2n) is 11.0. The molecule has 246 valence electrons. The van der Waals surface area contributed by atoms with Crippen LogP contribution in [0.25, 0.3) is 0 Å². The van der Waals surface area contributed by atoms with Crippen molar-refractivity contribution in [3.63, 3.8) is 0 Å². The normalized spacial score (nSPS) is 16.6. The van der Waals surface area contributed by atoms with Crippen molar-refractivity contribution in [1.29, 1.82) is 0 Å². The highest BCUT2D eigenvalue weighted by Gasteiger charge is 2.39. The molecule has 2 N–H and O–H groups in total. The SMILES string of the molecule is CCNc1ccc(NC(=O)CN(C)C)cc1/N=C1/S/C(=C2\Sc3ccc(OCCOC(C)=O)cc3N2C)C(=O)N1Cc1ccccc1. The average Bonchev–Trinajstić information content (AvgIpc) is 3.51. The van der Waals surface area contributed by atoms with Crippen LogP contribution in [0, 0.1) is 0 Å². The van der Waals surface area contributed by atoms with Crippen LogP contribution in [0.3, 0.4) is 0 Å². The minimum absolute atomic E-state index is 0.133. The molecule has 11 nitrogen and oxygen atoms in total. The molecular formula is C34H38N6O5S2. The Bertz CT molecular complexity index is 1710. The van der Waals surface area contributed by atoms with Crippen LogP contribution >= 0.6 is 23.5 Å². The van der Waals surface area contributed by atoms with E-state index in [1.165, 1.54) is 30.4 Å². The smallest absolute Gasteiger partial charge is 0.302 e. The number of likely N-dealkylation sites (N-methyl/N-ethyl adjacent to an activating group) is 1. The molecule has 2 aliphatic rings. The highest BCUT2D eigenvalue weighted by Crippen LogP contribution is 2.51. The first-order valence-electron chi connectivity index (χ1n) is 15.1. The Morgan fingerprint density at radius 1 is 1.00 bits per heavy atom. The number of carbonyl (C=O) groups is 3. The number of ether oxygens (including phenoxy) is 2. The third kappa shape index (κ3) is 8.47. The number of thioether (sulfide) groups is 2. The summed E-state index contributed by atoms with van der Waals surface area (Å²) in [5, 5.41) is 7.63. The van der Waals surface area contributed by atoms with Gasteiger partial charge in [-0.3, -0.25) is 19.3 Å². The average molecular weight is 675 g/mol. The number of fused-ring (bicyclic) bond motifs is 1. The molecule has 0 atom stereocenters. The Morgan fingerprint density at radius 3 is 2.51 bits per heavy atom. The third-order valence-corrected chi connectivity index (χ3v) is 9.46. The highest BCUT2D eigenvalue weighted by atomic mass is 32.2. The second-order valence-corrected chi connectivity index (χ2v) is 13.0. The lowest BCUT2D eigenvalue weighted by Crippen LogP contribution is -2.29. The molecule has 3 aromatic carbocycles. The summed E-state index contributed by atoms with van der Waals surface area (Å²) in [6.07, 6.45) is 0. The molecule has 3 aromatic rings. The first kappa shape index (κ1) is 33.9. The summed E-state index contributed by atoms with van der Waals surface area (Å²) >= 11 is 2.86. The zero-order valence-electron chi connectivity index (χ0n) is 27.0. The molecule has 0 bridgehead atoms. The van der Waals surface area contributed by atoms with E-state index in [0.29, 0.717) is 40.3 Å². The summed E-state index contributed by atoms with van der Waals surface area (Å²) in [7, 11) is 5.61. The molecule has 47 heavy (non-hydrogen) atoms. The molecule has 0 unspecified atom stereocenters. The van der Waals surface area contributed by atoms with Gasteiger partial charge >= 0.3 is 5.97 Å². The summed E-state index contributed by atoms with van der Waals surface area (Å²) in [6, 6.07) is 21.1. The second kappa shape index (κ2) is 15.4. The number of rotatable bonds is 12. The number of amidine groups is 1. The number of hydrogen-bond acceptors (Lipinski definition) is 11. The molecule has 2 aliphatic heterocycles. The largest absolute Gasteiger partial charge is 0.490 e. The van der Waals surface area contributed by atoms with Gasteiger partial charge in [-0.15, -0.1) is 0 Å². The first-order valence-corrected chi connectivity index (χ1v) is 16.8. The molecule has 2 heterocycles. The topological polar surface area (TPSA) is 116 Å². The van der Waals surface area contributed by atoms with Crippen LogP contribution in [0.2, 0.25) is 0 Å². The van der Waals surface area contributed by atoms with Crippen LogP contribution in [-0.2, 0) is 25.7 Å². The van der Waals surface area contributed by atoms with E-state index in [2.05, 4.69) is 10.6 Å². The molecule has 0 aliphatic carbocycles. The quantitative estimate of drug-likeness (QED) is 0.140. The van der Waals surface area contributed by atoms with Gasteiger partial charge in [-0.25, -0.2) is 4.99 Å². The van der Waals surface area contributed by atoms with Gasteiger partial charge in [0, 0.05) is 37.2 Å². The number of anilines is 3. The van der Waals surface area contributed by atoms with E-state index in [1.54, 1.807) is 9.80 Å². The van der Waals surface area contributed by atoms with Crippen LogP contribution < -0.4 is 20.3 Å². The van der Waals surface area contributed by atoms with Crippen molar-refractivity contribution < 1.29 is 23.9 Å². The van der Waals surface area contributed by atoms with Crippen molar-refractivity contribution in [2.45, 2.75) is 25.3 Å². The van der Waals surface area contributed by atoms with Crippen LogP contribution in [-0.4, -0.2) is 80.2 Å². The number of amides is 2. The van der Waals surface area contributed by atoms with Gasteiger partial charge in [-0.05, 0) is 68.7 Å². The van der Waals surface area contributed by atoms with Gasteiger partial charge in [0.25, 0.3) is 5.91 Å². The summed E-state index contributed by atoms with van der Waals surface area (Å²) in [5.74, 6) is 0.0153. The predicted octanol–water partition coefficient (Wildman–Crippen LogP) is 5.73. The van der Waals surface area contributed by atoms with Crippen molar-refractivity contribution in [2.75, 3.05) is 63.0 Å². The van der Waals surface area contributed by atoms with Gasteiger partial charge in [-0.2, -0.15) is 0 Å². The van der Waals surface area contributed by atoms with Gasteiger partial charge in [0.05, 0.1) is 35.2 Å². The molecule has 2 amide bonds. The standard InChI is InChI=1S/C34H38N6O5S2/c1-6-35-26-14-12-24(36-30(42)21-38(3)4)18-27(26)37-34-40(20-23-10-8-7-9-11-23)32(43)31(47-34)33-39(5)28-19-25(13-15-29(28)46-33)45-17-16-44-22(2)41/h7-15,18-19,35H,6,16-17,20-21H2,1-5H3,(H,36,42)/b33-31-,37-34+. The fraction of sp³-hybridized carbons (Fsp3) is 0.294. The van der Waals surface area contributed by atoms with Crippen LogP contribution in [0.1, 0.15) is 19.4 Å². The number of benzene rings is 3. The molecule has 1 saturated heterocycles. The first-order chi connectivity index (χ1) is 22.6. The maximum atomic E-state index is 14.2. The lowest BCUT2D eigenvalue weighted by atomic mass is 10.2. The van der Waals surface area contributed by atoms with Crippen LogP contribution in [0.4, 0.5) is 22.7 Å². The zero-order chi connectivity index (χ0) is 33.5.